The summed E-state index contributed by atoms with van der Waals surface area (Å²) in [5.41, 5.74) is 2.48. The number of aryl methyl sites for hydroxylation is 1. The summed E-state index contributed by atoms with van der Waals surface area (Å²) in [6.07, 6.45) is 6.53. The van der Waals surface area contributed by atoms with Crippen molar-refractivity contribution in [3.63, 3.8) is 0 Å². The molecule has 1 saturated carbocycles. The maximum absolute atomic E-state index is 10.7. The second-order valence-corrected chi connectivity index (χ2v) is 5.98. The minimum absolute atomic E-state index is 0.159. The van der Waals surface area contributed by atoms with Gasteiger partial charge in [-0.15, -0.1) is 0 Å². The topological polar surface area (TPSA) is 55.2 Å². The summed E-state index contributed by atoms with van der Waals surface area (Å²) in [5, 5.41) is 14.2. The third kappa shape index (κ3) is 3.46. The highest BCUT2D eigenvalue weighted by Crippen LogP contribution is 2.36. The van der Waals surface area contributed by atoms with E-state index in [2.05, 4.69) is 12.2 Å². The maximum Gasteiger partial charge on any atom is 0.269 e. The van der Waals surface area contributed by atoms with Crippen LogP contribution in [0.25, 0.3) is 0 Å². The van der Waals surface area contributed by atoms with E-state index in [1.54, 1.807) is 12.1 Å². The second kappa shape index (κ2) is 5.59. The Bertz CT molecular complexity index is 465. The van der Waals surface area contributed by atoms with Crippen molar-refractivity contribution >= 4 is 11.4 Å². The smallest absolute Gasteiger partial charge is 0.269 e. The summed E-state index contributed by atoms with van der Waals surface area (Å²) in [5.74, 6) is 0. The summed E-state index contributed by atoms with van der Waals surface area (Å²) in [7, 11) is 0. The number of rotatable bonds is 4. The molecule has 1 fully saturated rings. The summed E-state index contributed by atoms with van der Waals surface area (Å²) >= 11 is 0. The Morgan fingerprint density at radius 3 is 2.58 bits per heavy atom. The van der Waals surface area contributed by atoms with Gasteiger partial charge in [0.15, 0.2) is 0 Å². The summed E-state index contributed by atoms with van der Waals surface area (Å²) < 4.78 is 0. The van der Waals surface area contributed by atoms with E-state index in [1.165, 1.54) is 32.1 Å². The number of anilines is 1. The van der Waals surface area contributed by atoms with E-state index in [1.807, 2.05) is 13.0 Å². The van der Waals surface area contributed by atoms with Gasteiger partial charge in [-0.1, -0.05) is 26.2 Å². The van der Waals surface area contributed by atoms with Gasteiger partial charge in [0.25, 0.3) is 5.69 Å². The lowest BCUT2D eigenvalue weighted by Crippen LogP contribution is -2.29. The highest BCUT2D eigenvalue weighted by atomic mass is 16.6. The van der Waals surface area contributed by atoms with Crippen LogP contribution in [-0.2, 0) is 0 Å². The molecule has 0 spiro atoms. The van der Waals surface area contributed by atoms with Crippen LogP contribution in [0.4, 0.5) is 11.4 Å². The lowest BCUT2D eigenvalue weighted by atomic mass is 9.75. The number of nitro groups is 1. The molecular formula is C15H22N2O2. The van der Waals surface area contributed by atoms with Crippen LogP contribution in [0.3, 0.4) is 0 Å². The molecule has 2 rings (SSSR count). The Kier molecular flexibility index (Phi) is 4.08. The third-order valence-corrected chi connectivity index (χ3v) is 4.19. The molecule has 0 amide bonds. The Labute approximate surface area is 114 Å². The van der Waals surface area contributed by atoms with Crippen molar-refractivity contribution in [2.45, 2.75) is 46.0 Å². The number of hydrogen-bond donors (Lipinski definition) is 1. The van der Waals surface area contributed by atoms with Gasteiger partial charge >= 0.3 is 0 Å². The first-order valence-corrected chi connectivity index (χ1v) is 6.99. The van der Waals surface area contributed by atoms with Gasteiger partial charge in [-0.3, -0.25) is 10.1 Å². The van der Waals surface area contributed by atoms with Crippen molar-refractivity contribution in [3.05, 3.63) is 33.9 Å². The lowest BCUT2D eigenvalue weighted by molar-refractivity contribution is -0.384. The van der Waals surface area contributed by atoms with Crippen LogP contribution in [0, 0.1) is 22.5 Å². The highest BCUT2D eigenvalue weighted by Gasteiger charge is 2.26. The van der Waals surface area contributed by atoms with Crippen molar-refractivity contribution in [2.75, 3.05) is 11.9 Å². The van der Waals surface area contributed by atoms with E-state index < -0.39 is 0 Å². The van der Waals surface area contributed by atoms with E-state index in [0.717, 1.165) is 17.8 Å². The molecule has 0 aromatic heterocycles. The number of non-ortho nitro benzene ring substituents is 1. The van der Waals surface area contributed by atoms with Gasteiger partial charge < -0.3 is 5.32 Å². The zero-order valence-corrected chi connectivity index (χ0v) is 11.7. The van der Waals surface area contributed by atoms with E-state index in [0.29, 0.717) is 5.41 Å². The van der Waals surface area contributed by atoms with Crippen LogP contribution >= 0.6 is 0 Å². The monoisotopic (exact) mass is 262 g/mol. The first kappa shape index (κ1) is 13.8. The van der Waals surface area contributed by atoms with Crippen molar-refractivity contribution in [3.8, 4) is 0 Å². The zero-order valence-electron chi connectivity index (χ0n) is 11.7. The molecule has 19 heavy (non-hydrogen) atoms. The van der Waals surface area contributed by atoms with Crippen molar-refractivity contribution < 1.29 is 4.92 Å². The molecule has 0 unspecified atom stereocenters. The molecule has 1 aliphatic carbocycles. The molecule has 104 valence electrons. The first-order valence-electron chi connectivity index (χ1n) is 6.99. The van der Waals surface area contributed by atoms with E-state index >= 15 is 0 Å². The second-order valence-electron chi connectivity index (χ2n) is 5.98. The van der Waals surface area contributed by atoms with Gasteiger partial charge in [-0.2, -0.15) is 0 Å². The molecular weight excluding hydrogens is 240 g/mol. The number of nitrogens with one attached hydrogen (secondary N) is 1. The SMILES string of the molecule is Cc1cc([N+](=O)[O-])ccc1NCC1(C)CCCCC1. The van der Waals surface area contributed by atoms with Gasteiger partial charge in [0, 0.05) is 24.4 Å². The van der Waals surface area contributed by atoms with Gasteiger partial charge in [0.05, 0.1) is 4.92 Å². The van der Waals surface area contributed by atoms with E-state index in [-0.39, 0.29) is 10.6 Å². The van der Waals surface area contributed by atoms with Crippen LogP contribution < -0.4 is 5.32 Å². The molecule has 0 radical (unpaired) electrons. The molecule has 1 aromatic rings. The third-order valence-electron chi connectivity index (χ3n) is 4.19. The molecule has 0 heterocycles. The Morgan fingerprint density at radius 1 is 1.32 bits per heavy atom. The van der Waals surface area contributed by atoms with Crippen LogP contribution in [0.2, 0.25) is 0 Å². The van der Waals surface area contributed by atoms with Gasteiger partial charge in [0.1, 0.15) is 0 Å². The fourth-order valence-corrected chi connectivity index (χ4v) is 2.85. The van der Waals surface area contributed by atoms with Gasteiger partial charge in [-0.05, 0) is 36.8 Å². The highest BCUT2D eigenvalue weighted by molar-refractivity contribution is 5.55. The molecule has 1 aliphatic rings. The van der Waals surface area contributed by atoms with Crippen molar-refractivity contribution in [2.24, 2.45) is 5.41 Å². The molecule has 1 aromatic carbocycles. The molecule has 0 bridgehead atoms. The molecule has 4 nitrogen and oxygen atoms in total. The average Bonchev–Trinajstić information content (AvgIpc) is 2.38. The maximum atomic E-state index is 10.7. The molecule has 0 aliphatic heterocycles. The number of hydrogen-bond acceptors (Lipinski definition) is 3. The standard InChI is InChI=1S/C15H22N2O2/c1-12-10-13(17(18)19)6-7-14(12)16-11-15(2)8-4-3-5-9-15/h6-7,10,16H,3-5,8-9,11H2,1-2H3. The predicted octanol–water partition coefficient (Wildman–Crippen LogP) is 4.29. The quantitative estimate of drug-likeness (QED) is 0.650. The van der Waals surface area contributed by atoms with E-state index in [4.69, 9.17) is 0 Å². The minimum atomic E-state index is -0.348. The van der Waals surface area contributed by atoms with Crippen LogP contribution in [0.5, 0.6) is 0 Å². The Hall–Kier alpha value is -1.58. The first-order chi connectivity index (χ1) is 9.00. The fourth-order valence-electron chi connectivity index (χ4n) is 2.85. The Morgan fingerprint density at radius 2 is 2.00 bits per heavy atom. The summed E-state index contributed by atoms with van der Waals surface area (Å²) in [4.78, 5) is 10.4. The molecule has 1 N–H and O–H groups in total. The predicted molar refractivity (Wildman–Crippen MR) is 77.5 cm³/mol. The lowest BCUT2D eigenvalue weighted by Gasteiger charge is -2.34. The minimum Gasteiger partial charge on any atom is -0.384 e. The van der Waals surface area contributed by atoms with Gasteiger partial charge in [-0.25, -0.2) is 0 Å². The summed E-state index contributed by atoms with van der Waals surface area (Å²) in [6.45, 7) is 5.20. The Balaban J connectivity index is 2.01. The van der Waals surface area contributed by atoms with Crippen LogP contribution in [0.15, 0.2) is 18.2 Å². The average molecular weight is 262 g/mol. The zero-order chi connectivity index (χ0) is 13.9. The molecule has 0 atom stereocenters. The normalized spacial score (nSPS) is 18.0. The van der Waals surface area contributed by atoms with Crippen LogP contribution in [0.1, 0.15) is 44.6 Å². The fraction of sp³-hybridized carbons (Fsp3) is 0.600. The summed E-state index contributed by atoms with van der Waals surface area (Å²) in [6, 6.07) is 5.02. The van der Waals surface area contributed by atoms with Gasteiger partial charge in [0.2, 0.25) is 0 Å². The number of benzene rings is 1. The largest absolute Gasteiger partial charge is 0.384 e. The van der Waals surface area contributed by atoms with Crippen LogP contribution in [-0.4, -0.2) is 11.5 Å². The molecule has 4 heteroatoms. The molecule has 0 saturated heterocycles. The number of nitrogens with zero attached hydrogens (tertiary/aromatic N) is 1. The number of nitro benzene ring substituents is 1. The van der Waals surface area contributed by atoms with Crippen molar-refractivity contribution in [1.82, 2.24) is 0 Å². The van der Waals surface area contributed by atoms with Crippen molar-refractivity contribution in [1.29, 1.82) is 0 Å². The van der Waals surface area contributed by atoms with E-state index in [9.17, 15) is 10.1 Å².